The van der Waals surface area contributed by atoms with Crippen LogP contribution in [0.3, 0.4) is 0 Å². The highest BCUT2D eigenvalue weighted by molar-refractivity contribution is 5.82. The number of carbonyl (C=O) groups excluding carboxylic acids is 1. The average molecular weight is 149 g/mol. The van der Waals surface area contributed by atoms with Gasteiger partial charge < -0.3 is 5.32 Å². The molecule has 0 aromatic carbocycles. The summed E-state index contributed by atoms with van der Waals surface area (Å²) < 4.78 is 0. The van der Waals surface area contributed by atoms with E-state index in [-0.39, 0.29) is 11.8 Å². The third-order valence-electron chi connectivity index (χ3n) is 2.33. The molecule has 1 aliphatic carbocycles. The van der Waals surface area contributed by atoms with Crippen molar-refractivity contribution in [2.45, 2.75) is 6.42 Å². The smallest absolute Gasteiger partial charge is 0.227 e. The number of carbonyl (C=O) groups is 1. The first-order chi connectivity index (χ1) is 5.38. The predicted octanol–water partition coefficient (Wildman–Crippen LogP) is 0.865. The third-order valence-corrected chi connectivity index (χ3v) is 2.33. The zero-order valence-electron chi connectivity index (χ0n) is 6.29. The van der Waals surface area contributed by atoms with Gasteiger partial charge in [0.1, 0.15) is 0 Å². The van der Waals surface area contributed by atoms with Crippen LogP contribution in [0.25, 0.3) is 0 Å². The number of allylic oxidation sites excluding steroid dienone is 3. The van der Waals surface area contributed by atoms with Gasteiger partial charge in [-0.2, -0.15) is 0 Å². The molecule has 1 heterocycles. The van der Waals surface area contributed by atoms with Crippen LogP contribution in [0.5, 0.6) is 0 Å². The second-order valence-corrected chi connectivity index (χ2v) is 3.04. The molecule has 1 amide bonds. The second-order valence-electron chi connectivity index (χ2n) is 3.04. The lowest BCUT2D eigenvalue weighted by molar-refractivity contribution is -0.126. The lowest BCUT2D eigenvalue weighted by Crippen LogP contribution is -2.41. The van der Waals surface area contributed by atoms with Gasteiger partial charge in [-0.1, -0.05) is 24.3 Å². The van der Waals surface area contributed by atoms with E-state index in [0.717, 1.165) is 13.0 Å². The summed E-state index contributed by atoms with van der Waals surface area (Å²) >= 11 is 0. The first-order valence-electron chi connectivity index (χ1n) is 4.00. The number of fused-ring (bicyclic) bond motifs is 1. The number of amides is 1. The third kappa shape index (κ3) is 1.09. The molecule has 2 nitrogen and oxygen atoms in total. The van der Waals surface area contributed by atoms with Gasteiger partial charge in [0.25, 0.3) is 0 Å². The van der Waals surface area contributed by atoms with Crippen LogP contribution in [0.15, 0.2) is 24.3 Å². The Morgan fingerprint density at radius 1 is 1.36 bits per heavy atom. The van der Waals surface area contributed by atoms with Gasteiger partial charge in [-0.25, -0.2) is 0 Å². The van der Waals surface area contributed by atoms with E-state index in [2.05, 4.69) is 11.4 Å². The Bertz CT molecular complexity index is 230. The molecule has 0 aromatic heterocycles. The first-order valence-corrected chi connectivity index (χ1v) is 4.00. The van der Waals surface area contributed by atoms with E-state index in [1.54, 1.807) is 0 Å². The number of hydrogen-bond donors (Lipinski definition) is 1. The van der Waals surface area contributed by atoms with Crippen LogP contribution in [0.1, 0.15) is 6.42 Å². The molecule has 2 heteroatoms. The fourth-order valence-electron chi connectivity index (χ4n) is 1.69. The molecule has 11 heavy (non-hydrogen) atoms. The van der Waals surface area contributed by atoms with E-state index in [1.807, 2.05) is 18.2 Å². The summed E-state index contributed by atoms with van der Waals surface area (Å²) in [6.45, 7) is 0.832. The Labute approximate surface area is 66.0 Å². The standard InChI is InChI=1S/C9H11NO/c11-9-8-4-2-1-3-7(8)5-6-10-9/h1-4,7-8H,5-6H2,(H,10,11)/t7-,8+/m1/s1. The van der Waals surface area contributed by atoms with Crippen molar-refractivity contribution in [3.05, 3.63) is 24.3 Å². The van der Waals surface area contributed by atoms with Crippen LogP contribution in [0, 0.1) is 11.8 Å². The minimum atomic E-state index is 0.105. The normalized spacial score (nSPS) is 34.7. The maximum Gasteiger partial charge on any atom is 0.227 e. The maximum atomic E-state index is 11.2. The highest BCUT2D eigenvalue weighted by Gasteiger charge is 2.28. The van der Waals surface area contributed by atoms with E-state index in [0.29, 0.717) is 5.92 Å². The Balaban J connectivity index is 2.20. The van der Waals surface area contributed by atoms with E-state index in [4.69, 9.17) is 0 Å². The molecule has 0 bridgehead atoms. The molecule has 1 aliphatic heterocycles. The van der Waals surface area contributed by atoms with Crippen molar-refractivity contribution in [3.63, 3.8) is 0 Å². The Morgan fingerprint density at radius 3 is 3.00 bits per heavy atom. The lowest BCUT2D eigenvalue weighted by atomic mass is 9.83. The summed E-state index contributed by atoms with van der Waals surface area (Å²) in [6.07, 6.45) is 9.17. The van der Waals surface area contributed by atoms with Crippen molar-refractivity contribution in [2.24, 2.45) is 11.8 Å². The fraction of sp³-hybridized carbons (Fsp3) is 0.444. The molecule has 0 aromatic rings. The quantitative estimate of drug-likeness (QED) is 0.544. The molecule has 2 rings (SSSR count). The van der Waals surface area contributed by atoms with E-state index < -0.39 is 0 Å². The summed E-state index contributed by atoms with van der Waals surface area (Å²) in [5, 5.41) is 2.86. The van der Waals surface area contributed by atoms with E-state index in [9.17, 15) is 4.79 Å². The van der Waals surface area contributed by atoms with E-state index >= 15 is 0 Å². The van der Waals surface area contributed by atoms with Gasteiger partial charge in [0.2, 0.25) is 5.91 Å². The average Bonchev–Trinajstić information content (AvgIpc) is 2.06. The molecule has 1 saturated heterocycles. The minimum Gasteiger partial charge on any atom is -0.356 e. The molecule has 1 N–H and O–H groups in total. The zero-order valence-corrected chi connectivity index (χ0v) is 6.29. The highest BCUT2D eigenvalue weighted by Crippen LogP contribution is 2.25. The topological polar surface area (TPSA) is 29.1 Å². The molecule has 58 valence electrons. The summed E-state index contributed by atoms with van der Waals surface area (Å²) in [7, 11) is 0. The number of nitrogens with one attached hydrogen (secondary N) is 1. The van der Waals surface area contributed by atoms with Gasteiger partial charge in [-0.05, 0) is 12.3 Å². The van der Waals surface area contributed by atoms with Crippen molar-refractivity contribution in [1.29, 1.82) is 0 Å². The molecule has 0 spiro atoms. The molecule has 0 radical (unpaired) electrons. The zero-order chi connectivity index (χ0) is 7.68. The molecular formula is C9H11NO. The van der Waals surface area contributed by atoms with Crippen molar-refractivity contribution < 1.29 is 4.79 Å². The number of hydrogen-bond acceptors (Lipinski definition) is 1. The molecule has 0 saturated carbocycles. The molecule has 0 unspecified atom stereocenters. The van der Waals surface area contributed by atoms with Crippen LogP contribution in [-0.4, -0.2) is 12.5 Å². The van der Waals surface area contributed by atoms with Crippen LogP contribution >= 0.6 is 0 Å². The van der Waals surface area contributed by atoms with Crippen LogP contribution < -0.4 is 5.32 Å². The summed E-state index contributed by atoms with van der Waals surface area (Å²) in [5.74, 6) is 0.740. The Hall–Kier alpha value is -1.05. The molecule has 2 aliphatic rings. The number of piperidine rings is 1. The van der Waals surface area contributed by atoms with Crippen LogP contribution in [-0.2, 0) is 4.79 Å². The monoisotopic (exact) mass is 149 g/mol. The van der Waals surface area contributed by atoms with Gasteiger partial charge in [-0.15, -0.1) is 0 Å². The van der Waals surface area contributed by atoms with Crippen molar-refractivity contribution in [1.82, 2.24) is 5.32 Å². The van der Waals surface area contributed by atoms with Crippen molar-refractivity contribution >= 4 is 5.91 Å². The van der Waals surface area contributed by atoms with Gasteiger partial charge >= 0.3 is 0 Å². The minimum absolute atomic E-state index is 0.105. The largest absolute Gasteiger partial charge is 0.356 e. The van der Waals surface area contributed by atoms with Crippen LogP contribution in [0.2, 0.25) is 0 Å². The summed E-state index contributed by atoms with van der Waals surface area (Å²) in [4.78, 5) is 11.2. The summed E-state index contributed by atoms with van der Waals surface area (Å²) in [5.41, 5.74) is 0. The molecule has 2 atom stereocenters. The SMILES string of the molecule is O=C1NCC[C@H]2C=CC=C[C@H]12. The lowest BCUT2D eigenvalue weighted by Gasteiger charge is -2.28. The summed E-state index contributed by atoms with van der Waals surface area (Å²) in [6, 6.07) is 0. The second kappa shape index (κ2) is 2.53. The van der Waals surface area contributed by atoms with Gasteiger partial charge in [-0.3, -0.25) is 4.79 Å². The highest BCUT2D eigenvalue weighted by atomic mass is 16.1. The van der Waals surface area contributed by atoms with Gasteiger partial charge in [0.05, 0.1) is 5.92 Å². The Morgan fingerprint density at radius 2 is 2.18 bits per heavy atom. The van der Waals surface area contributed by atoms with E-state index in [1.165, 1.54) is 0 Å². The number of rotatable bonds is 0. The van der Waals surface area contributed by atoms with Crippen molar-refractivity contribution in [3.8, 4) is 0 Å². The van der Waals surface area contributed by atoms with Gasteiger partial charge in [0, 0.05) is 6.54 Å². The van der Waals surface area contributed by atoms with Crippen molar-refractivity contribution in [2.75, 3.05) is 6.54 Å². The fourth-order valence-corrected chi connectivity index (χ4v) is 1.69. The maximum absolute atomic E-state index is 11.2. The first kappa shape index (κ1) is 6.65. The molecule has 1 fully saturated rings. The predicted molar refractivity (Wildman–Crippen MR) is 42.9 cm³/mol. The molecular weight excluding hydrogens is 138 g/mol. The Kier molecular flexibility index (Phi) is 1.53. The van der Waals surface area contributed by atoms with Crippen LogP contribution in [0.4, 0.5) is 0 Å². The van der Waals surface area contributed by atoms with Gasteiger partial charge in [0.15, 0.2) is 0 Å².